The van der Waals surface area contributed by atoms with Gasteiger partial charge in [0.05, 0.1) is 5.56 Å². The van der Waals surface area contributed by atoms with Crippen LogP contribution in [0.1, 0.15) is 30.1 Å². The van der Waals surface area contributed by atoms with Gasteiger partial charge in [0, 0.05) is 30.9 Å². The van der Waals surface area contributed by atoms with Gasteiger partial charge in [0.25, 0.3) is 0 Å². The number of nitrogens with zero attached hydrogens (tertiary/aromatic N) is 4. The molecule has 1 fully saturated rings. The number of amides is 2. The largest absolute Gasteiger partial charge is 0.416 e. The molecule has 9 heteroatoms. The molecule has 2 amide bonds. The highest BCUT2D eigenvalue weighted by Gasteiger charge is 2.31. The average molecular weight is 389 g/mol. The molecule has 28 heavy (non-hydrogen) atoms. The lowest BCUT2D eigenvalue weighted by Gasteiger charge is -2.32. The van der Waals surface area contributed by atoms with Crippen LogP contribution in [0.15, 0.2) is 48.7 Å². The van der Waals surface area contributed by atoms with Crippen LogP contribution < -0.4 is 5.32 Å². The summed E-state index contributed by atoms with van der Waals surface area (Å²) in [7, 11) is 0. The maximum atomic E-state index is 12.9. The summed E-state index contributed by atoms with van der Waals surface area (Å²) in [6.07, 6.45) is -0.927. The third-order valence-corrected chi connectivity index (χ3v) is 4.86. The molecule has 1 saturated heterocycles. The van der Waals surface area contributed by atoms with Crippen molar-refractivity contribution in [2.45, 2.75) is 24.9 Å². The minimum atomic E-state index is -4.45. The fraction of sp³-hybridized carbons (Fsp3) is 0.316. The van der Waals surface area contributed by atoms with Crippen LogP contribution in [-0.4, -0.2) is 38.6 Å². The Bertz CT molecular complexity index is 1000. The highest BCUT2D eigenvalue weighted by Crippen LogP contribution is 2.31. The Morgan fingerprint density at radius 2 is 2.00 bits per heavy atom. The molecule has 1 atom stereocenters. The second-order valence-electron chi connectivity index (χ2n) is 6.78. The van der Waals surface area contributed by atoms with E-state index >= 15 is 0 Å². The monoisotopic (exact) mass is 389 g/mol. The lowest BCUT2D eigenvalue weighted by molar-refractivity contribution is -0.137. The van der Waals surface area contributed by atoms with Crippen molar-refractivity contribution in [3.8, 4) is 0 Å². The lowest BCUT2D eigenvalue weighted by Crippen LogP contribution is -2.42. The van der Waals surface area contributed by atoms with E-state index in [1.165, 1.54) is 12.1 Å². The Hall–Kier alpha value is -3.10. The van der Waals surface area contributed by atoms with Gasteiger partial charge in [-0.05, 0) is 43.2 Å². The van der Waals surface area contributed by atoms with Gasteiger partial charge < -0.3 is 10.2 Å². The lowest BCUT2D eigenvalue weighted by atomic mass is 9.97. The third-order valence-electron chi connectivity index (χ3n) is 4.86. The molecule has 0 aliphatic carbocycles. The minimum Gasteiger partial charge on any atom is -0.324 e. The molecule has 146 valence electrons. The Kier molecular flexibility index (Phi) is 4.66. The summed E-state index contributed by atoms with van der Waals surface area (Å²) in [6.45, 7) is 0.971. The standard InChI is InChI=1S/C19H18F3N5O/c20-19(21,22)14-6-3-7-15(11-14)23-18(28)26-9-4-5-13(12-26)17-25-24-16-8-1-2-10-27(16)17/h1-3,6-8,10-11,13H,4-5,9,12H2,(H,23,28). The van der Waals surface area contributed by atoms with Gasteiger partial charge >= 0.3 is 12.2 Å². The van der Waals surface area contributed by atoms with Gasteiger partial charge in [-0.15, -0.1) is 10.2 Å². The van der Waals surface area contributed by atoms with E-state index in [0.717, 1.165) is 36.4 Å². The quantitative estimate of drug-likeness (QED) is 0.716. The molecule has 1 aromatic carbocycles. The van der Waals surface area contributed by atoms with Gasteiger partial charge in [-0.25, -0.2) is 4.79 Å². The van der Waals surface area contributed by atoms with Crippen LogP contribution in [0.25, 0.3) is 5.65 Å². The minimum absolute atomic E-state index is 0.0124. The predicted molar refractivity (Wildman–Crippen MR) is 97.0 cm³/mol. The topological polar surface area (TPSA) is 62.5 Å². The van der Waals surface area contributed by atoms with E-state index in [0.29, 0.717) is 13.1 Å². The van der Waals surface area contributed by atoms with Crippen molar-refractivity contribution in [2.75, 3.05) is 18.4 Å². The first-order valence-corrected chi connectivity index (χ1v) is 8.94. The number of likely N-dealkylation sites (tertiary alicyclic amines) is 1. The van der Waals surface area contributed by atoms with E-state index in [9.17, 15) is 18.0 Å². The number of benzene rings is 1. The molecule has 6 nitrogen and oxygen atoms in total. The van der Waals surface area contributed by atoms with Crippen molar-refractivity contribution < 1.29 is 18.0 Å². The van der Waals surface area contributed by atoms with Gasteiger partial charge in [0.15, 0.2) is 5.65 Å². The number of urea groups is 1. The van der Waals surface area contributed by atoms with Gasteiger partial charge in [0.2, 0.25) is 0 Å². The smallest absolute Gasteiger partial charge is 0.324 e. The van der Waals surface area contributed by atoms with Crippen LogP contribution in [0, 0.1) is 0 Å². The van der Waals surface area contributed by atoms with E-state index in [2.05, 4.69) is 15.5 Å². The number of hydrogen-bond donors (Lipinski definition) is 1. The molecule has 1 unspecified atom stereocenters. The highest BCUT2D eigenvalue weighted by atomic mass is 19.4. The fourth-order valence-corrected chi connectivity index (χ4v) is 3.49. The first kappa shape index (κ1) is 18.3. The molecule has 0 bridgehead atoms. The van der Waals surface area contributed by atoms with Crippen molar-refractivity contribution in [3.05, 3.63) is 60.0 Å². The molecule has 2 aromatic heterocycles. The molecule has 1 aliphatic rings. The third kappa shape index (κ3) is 3.64. The summed E-state index contributed by atoms with van der Waals surface area (Å²) in [5.74, 6) is 0.797. The SMILES string of the molecule is O=C(Nc1cccc(C(F)(F)F)c1)N1CCCC(c2nnc3ccccn23)C1. The summed E-state index contributed by atoms with van der Waals surface area (Å²) in [6, 6.07) is 9.84. The van der Waals surface area contributed by atoms with Gasteiger partial charge in [-0.1, -0.05) is 12.1 Å². The number of pyridine rings is 1. The Balaban J connectivity index is 1.48. The number of fused-ring (bicyclic) bond motifs is 1. The first-order chi connectivity index (χ1) is 13.4. The molecular formula is C19H18F3N5O. The zero-order valence-corrected chi connectivity index (χ0v) is 14.9. The van der Waals surface area contributed by atoms with E-state index in [4.69, 9.17) is 0 Å². The van der Waals surface area contributed by atoms with Crippen molar-refractivity contribution >= 4 is 17.4 Å². The molecule has 3 aromatic rings. The number of nitrogens with one attached hydrogen (secondary N) is 1. The van der Waals surface area contributed by atoms with Crippen LogP contribution in [0.5, 0.6) is 0 Å². The molecule has 0 radical (unpaired) electrons. The number of carbonyl (C=O) groups is 1. The van der Waals surface area contributed by atoms with Crippen LogP contribution in [0.2, 0.25) is 0 Å². The van der Waals surface area contributed by atoms with Crippen LogP contribution >= 0.6 is 0 Å². The Morgan fingerprint density at radius 1 is 1.14 bits per heavy atom. The second kappa shape index (κ2) is 7.14. The Labute approximate surface area is 159 Å². The number of anilines is 1. The maximum absolute atomic E-state index is 12.9. The summed E-state index contributed by atoms with van der Waals surface area (Å²) < 4.78 is 40.5. The normalized spacial score (nSPS) is 17.7. The zero-order valence-electron chi connectivity index (χ0n) is 14.9. The molecule has 0 saturated carbocycles. The predicted octanol–water partition coefficient (Wildman–Crippen LogP) is 4.16. The zero-order chi connectivity index (χ0) is 19.7. The van der Waals surface area contributed by atoms with Gasteiger partial charge in [-0.2, -0.15) is 13.2 Å². The summed E-state index contributed by atoms with van der Waals surface area (Å²) in [5.41, 5.74) is 0.0645. The molecule has 0 spiro atoms. The molecule has 1 N–H and O–H groups in total. The summed E-state index contributed by atoms with van der Waals surface area (Å²) >= 11 is 0. The van der Waals surface area contributed by atoms with Crippen LogP contribution in [0.4, 0.5) is 23.7 Å². The molecular weight excluding hydrogens is 371 g/mol. The number of hydrogen-bond acceptors (Lipinski definition) is 3. The summed E-state index contributed by atoms with van der Waals surface area (Å²) in [4.78, 5) is 14.2. The van der Waals surface area contributed by atoms with Crippen LogP contribution in [-0.2, 0) is 6.18 Å². The number of aromatic nitrogens is 3. The highest BCUT2D eigenvalue weighted by molar-refractivity contribution is 5.89. The number of carbonyl (C=O) groups excluding carboxylic acids is 1. The number of piperidine rings is 1. The van der Waals surface area contributed by atoms with Gasteiger partial charge in [-0.3, -0.25) is 4.40 Å². The van der Waals surface area contributed by atoms with E-state index in [1.54, 1.807) is 4.90 Å². The average Bonchev–Trinajstić information content (AvgIpc) is 3.12. The maximum Gasteiger partial charge on any atom is 0.416 e. The van der Waals surface area contributed by atoms with Crippen LogP contribution in [0.3, 0.4) is 0 Å². The van der Waals surface area contributed by atoms with Crippen molar-refractivity contribution in [1.29, 1.82) is 0 Å². The van der Waals surface area contributed by atoms with E-state index < -0.39 is 17.8 Å². The molecule has 4 rings (SSSR count). The van der Waals surface area contributed by atoms with E-state index in [1.807, 2.05) is 28.8 Å². The fourth-order valence-electron chi connectivity index (χ4n) is 3.49. The van der Waals surface area contributed by atoms with E-state index in [-0.39, 0.29) is 11.6 Å². The van der Waals surface area contributed by atoms with Gasteiger partial charge in [0.1, 0.15) is 5.82 Å². The number of halogens is 3. The summed E-state index contributed by atoms with van der Waals surface area (Å²) in [5, 5.41) is 11.0. The first-order valence-electron chi connectivity index (χ1n) is 8.94. The Morgan fingerprint density at radius 3 is 2.82 bits per heavy atom. The number of alkyl halides is 3. The van der Waals surface area contributed by atoms with Crippen molar-refractivity contribution in [2.24, 2.45) is 0 Å². The van der Waals surface area contributed by atoms with Crippen molar-refractivity contribution in [3.63, 3.8) is 0 Å². The van der Waals surface area contributed by atoms with Crippen molar-refractivity contribution in [1.82, 2.24) is 19.5 Å². The number of rotatable bonds is 2. The second-order valence-corrected chi connectivity index (χ2v) is 6.78. The molecule has 3 heterocycles. The molecule has 1 aliphatic heterocycles.